The number of esters is 1. The van der Waals surface area contributed by atoms with Crippen molar-refractivity contribution < 1.29 is 33.4 Å². The summed E-state index contributed by atoms with van der Waals surface area (Å²) in [5.74, 6) is -0.818. The van der Waals surface area contributed by atoms with Gasteiger partial charge in [-0.2, -0.15) is 0 Å². The second-order valence-electron chi connectivity index (χ2n) is 11.7. The lowest BCUT2D eigenvalue weighted by atomic mass is 10.1. The Morgan fingerprint density at radius 3 is 2.37 bits per heavy atom. The molecular weight excluding hydrogens is 687 g/mol. The van der Waals surface area contributed by atoms with Gasteiger partial charge in [0.1, 0.15) is 10.7 Å². The summed E-state index contributed by atoms with van der Waals surface area (Å²) >= 11 is 2.82. The Bertz CT molecular complexity index is 1920. The summed E-state index contributed by atoms with van der Waals surface area (Å²) in [6.07, 6.45) is 6.86. The highest BCUT2D eigenvalue weighted by atomic mass is 32.2. The number of hydrogen-bond donors (Lipinski definition) is 3. The van der Waals surface area contributed by atoms with E-state index in [1.54, 1.807) is 66.7 Å². The molecule has 266 valence electrons. The van der Waals surface area contributed by atoms with E-state index >= 15 is 0 Å². The quantitative estimate of drug-likeness (QED) is 0.0552. The van der Waals surface area contributed by atoms with Gasteiger partial charge < -0.3 is 30.2 Å². The van der Waals surface area contributed by atoms with E-state index in [9.17, 15) is 19.2 Å². The smallest absolute Gasteiger partial charge is 0.341 e. The first-order valence-corrected chi connectivity index (χ1v) is 18.4. The highest BCUT2D eigenvalue weighted by Crippen LogP contribution is 2.39. The molecule has 3 amide bonds. The first-order chi connectivity index (χ1) is 24.8. The molecule has 4 aromatic rings. The molecule has 1 atom stereocenters. The molecule has 5 rings (SSSR count). The standard InChI is InChI=1S/C39H41N3O7S2/c1-5-31(37(45)42-38-33(39(46)49-4)28-19-10-7-11-21-32(28)51-38)50-27-18-13-17-26(23-27)40-36(44)29(41-35(43)24-14-8-6-9-15-24)22-25-16-12-20-30(47-2)34(25)48-3/h6,8-9,12-18,20,22-23,31H,5,7,10-11,19,21H2,1-4H3,(H,40,44)(H,41,43)(H,42,45)/b29-22+. The summed E-state index contributed by atoms with van der Waals surface area (Å²) in [7, 11) is 4.37. The minimum absolute atomic E-state index is 0.0185. The van der Waals surface area contributed by atoms with Crippen LogP contribution in [-0.4, -0.2) is 50.3 Å². The predicted molar refractivity (Wildman–Crippen MR) is 202 cm³/mol. The van der Waals surface area contributed by atoms with E-state index in [2.05, 4.69) is 16.0 Å². The molecule has 1 aliphatic rings. The van der Waals surface area contributed by atoms with Crippen LogP contribution in [-0.2, 0) is 27.2 Å². The van der Waals surface area contributed by atoms with E-state index < -0.39 is 23.0 Å². The van der Waals surface area contributed by atoms with E-state index in [4.69, 9.17) is 14.2 Å². The lowest BCUT2D eigenvalue weighted by Crippen LogP contribution is -2.30. The fourth-order valence-corrected chi connectivity index (χ4v) is 8.09. The van der Waals surface area contributed by atoms with Gasteiger partial charge in [-0.25, -0.2) is 4.79 Å². The number of nitrogens with one attached hydrogen (secondary N) is 3. The Morgan fingerprint density at radius 1 is 0.882 bits per heavy atom. The fourth-order valence-electron chi connectivity index (χ4n) is 5.80. The normalized spacial score (nSPS) is 13.2. The van der Waals surface area contributed by atoms with Gasteiger partial charge in [0.25, 0.3) is 11.8 Å². The molecule has 10 nitrogen and oxygen atoms in total. The third-order valence-electron chi connectivity index (χ3n) is 8.34. The zero-order valence-corrected chi connectivity index (χ0v) is 30.6. The first kappa shape index (κ1) is 37.2. The Morgan fingerprint density at radius 2 is 1.65 bits per heavy atom. The van der Waals surface area contributed by atoms with Crippen molar-refractivity contribution >= 4 is 63.6 Å². The number of hydrogen-bond acceptors (Lipinski definition) is 9. The van der Waals surface area contributed by atoms with Crippen LogP contribution in [0.2, 0.25) is 0 Å². The number of thiophene rings is 1. The van der Waals surface area contributed by atoms with Crippen LogP contribution in [0.4, 0.5) is 10.7 Å². The first-order valence-electron chi connectivity index (χ1n) is 16.7. The highest BCUT2D eigenvalue weighted by molar-refractivity contribution is 8.00. The van der Waals surface area contributed by atoms with Crippen molar-refractivity contribution in [2.75, 3.05) is 32.0 Å². The van der Waals surface area contributed by atoms with Gasteiger partial charge in [0, 0.05) is 26.6 Å². The van der Waals surface area contributed by atoms with Crippen LogP contribution in [0, 0.1) is 0 Å². The second-order valence-corrected chi connectivity index (χ2v) is 14.1. The number of methoxy groups -OCH3 is 3. The van der Waals surface area contributed by atoms with Crippen LogP contribution in [0.3, 0.4) is 0 Å². The SMILES string of the molecule is CCC(Sc1cccc(NC(=O)/C(=C\c2cccc(OC)c2OC)NC(=O)c2ccccc2)c1)C(=O)Nc1sc2c(c1C(=O)OC)CCCCC2. The van der Waals surface area contributed by atoms with Crippen molar-refractivity contribution in [1.82, 2.24) is 5.32 Å². The van der Waals surface area contributed by atoms with E-state index in [0.29, 0.717) is 45.3 Å². The summed E-state index contributed by atoms with van der Waals surface area (Å²) in [4.78, 5) is 55.3. The van der Waals surface area contributed by atoms with Gasteiger partial charge in [0.15, 0.2) is 11.5 Å². The summed E-state index contributed by atoms with van der Waals surface area (Å²) < 4.78 is 16.1. The number of carbonyl (C=O) groups excluding carboxylic acids is 4. The number of anilines is 2. The topological polar surface area (TPSA) is 132 Å². The molecule has 0 bridgehead atoms. The molecule has 3 aromatic carbocycles. The van der Waals surface area contributed by atoms with Crippen LogP contribution in [0.25, 0.3) is 6.08 Å². The average molecular weight is 728 g/mol. The van der Waals surface area contributed by atoms with Gasteiger partial charge in [-0.05, 0) is 80.1 Å². The number of ether oxygens (including phenoxy) is 3. The number of aryl methyl sites for hydroxylation is 1. The van der Waals surface area contributed by atoms with Crippen LogP contribution in [0.1, 0.15) is 69.3 Å². The van der Waals surface area contributed by atoms with Crippen molar-refractivity contribution in [2.45, 2.75) is 55.6 Å². The van der Waals surface area contributed by atoms with E-state index in [1.165, 1.54) is 50.5 Å². The molecule has 1 heterocycles. The molecule has 0 spiro atoms. The Kier molecular flexibility index (Phi) is 12.9. The molecule has 1 unspecified atom stereocenters. The van der Waals surface area contributed by atoms with Crippen molar-refractivity contribution in [3.8, 4) is 11.5 Å². The zero-order valence-electron chi connectivity index (χ0n) is 29.0. The summed E-state index contributed by atoms with van der Waals surface area (Å²) in [6.45, 7) is 1.92. The van der Waals surface area contributed by atoms with Crippen molar-refractivity contribution in [1.29, 1.82) is 0 Å². The van der Waals surface area contributed by atoms with Gasteiger partial charge >= 0.3 is 5.97 Å². The molecule has 51 heavy (non-hydrogen) atoms. The van der Waals surface area contributed by atoms with Crippen LogP contribution < -0.4 is 25.4 Å². The van der Waals surface area contributed by atoms with Crippen molar-refractivity contribution in [2.24, 2.45) is 0 Å². The average Bonchev–Trinajstić information content (AvgIpc) is 3.32. The number of rotatable bonds is 13. The molecule has 0 fully saturated rings. The van der Waals surface area contributed by atoms with Gasteiger partial charge in [0.05, 0.1) is 32.1 Å². The summed E-state index contributed by atoms with van der Waals surface area (Å²) in [6, 6.07) is 21.0. The summed E-state index contributed by atoms with van der Waals surface area (Å²) in [5, 5.41) is 8.71. The Labute approximate surface area is 306 Å². The predicted octanol–water partition coefficient (Wildman–Crippen LogP) is 7.74. The highest BCUT2D eigenvalue weighted by Gasteiger charge is 2.28. The number of thioether (sulfide) groups is 1. The van der Waals surface area contributed by atoms with Gasteiger partial charge in [0.2, 0.25) is 5.91 Å². The minimum Gasteiger partial charge on any atom is -0.493 e. The van der Waals surface area contributed by atoms with Gasteiger partial charge in [-0.15, -0.1) is 23.1 Å². The molecule has 0 saturated carbocycles. The fraction of sp³-hybridized carbons (Fsp3) is 0.282. The van der Waals surface area contributed by atoms with Crippen LogP contribution in [0.15, 0.2) is 83.4 Å². The van der Waals surface area contributed by atoms with Crippen molar-refractivity contribution in [3.63, 3.8) is 0 Å². The number of amides is 3. The molecule has 1 aromatic heterocycles. The zero-order chi connectivity index (χ0) is 36.3. The van der Waals surface area contributed by atoms with Crippen LogP contribution in [0.5, 0.6) is 11.5 Å². The molecule has 0 aliphatic heterocycles. The number of benzene rings is 3. The van der Waals surface area contributed by atoms with E-state index in [1.807, 2.05) is 13.0 Å². The molecule has 3 N–H and O–H groups in total. The van der Waals surface area contributed by atoms with Gasteiger partial charge in [-0.1, -0.05) is 49.7 Å². The van der Waals surface area contributed by atoms with E-state index in [0.717, 1.165) is 47.4 Å². The molecule has 0 saturated heterocycles. The number of fused-ring (bicyclic) bond motifs is 1. The number of carbonyl (C=O) groups is 4. The second kappa shape index (κ2) is 17.7. The largest absolute Gasteiger partial charge is 0.493 e. The maximum absolute atomic E-state index is 13.8. The Hall–Kier alpha value is -5.07. The van der Waals surface area contributed by atoms with Crippen molar-refractivity contribution in [3.05, 3.63) is 106 Å². The lowest BCUT2D eigenvalue weighted by molar-refractivity contribution is -0.116. The maximum atomic E-state index is 13.8. The minimum atomic E-state index is -0.566. The third kappa shape index (κ3) is 9.19. The maximum Gasteiger partial charge on any atom is 0.341 e. The molecular formula is C39H41N3O7S2. The Balaban J connectivity index is 1.35. The monoisotopic (exact) mass is 727 g/mol. The van der Waals surface area contributed by atoms with E-state index in [-0.39, 0.29) is 11.6 Å². The summed E-state index contributed by atoms with van der Waals surface area (Å²) in [5.41, 5.74) is 2.80. The lowest BCUT2D eigenvalue weighted by Gasteiger charge is -2.16. The van der Waals surface area contributed by atoms with Crippen LogP contribution >= 0.6 is 23.1 Å². The third-order valence-corrected chi connectivity index (χ3v) is 10.9. The molecule has 1 aliphatic carbocycles. The molecule has 0 radical (unpaired) electrons. The van der Waals surface area contributed by atoms with Gasteiger partial charge in [-0.3, -0.25) is 14.4 Å². The molecule has 12 heteroatoms. The number of para-hydroxylation sites is 1.